The molecular formula is C13H24ClN3O2. The van der Waals surface area contributed by atoms with E-state index in [0.29, 0.717) is 6.42 Å². The van der Waals surface area contributed by atoms with E-state index in [1.54, 1.807) is 0 Å². The van der Waals surface area contributed by atoms with E-state index in [9.17, 15) is 9.59 Å². The molecule has 0 radical (unpaired) electrons. The van der Waals surface area contributed by atoms with Gasteiger partial charge in [-0.25, -0.2) is 0 Å². The van der Waals surface area contributed by atoms with E-state index in [4.69, 9.17) is 0 Å². The lowest BCUT2D eigenvalue weighted by atomic mass is 10.1. The molecule has 2 heterocycles. The summed E-state index contributed by atoms with van der Waals surface area (Å²) in [5, 5.41) is 3.17. The topological polar surface area (TPSA) is 52.7 Å². The Balaban J connectivity index is 0.00000180. The molecule has 19 heavy (non-hydrogen) atoms. The van der Waals surface area contributed by atoms with Crippen LogP contribution in [0.25, 0.3) is 0 Å². The molecule has 0 aromatic rings. The summed E-state index contributed by atoms with van der Waals surface area (Å²) in [6.07, 6.45) is 3.48. The first-order valence-corrected chi connectivity index (χ1v) is 7.02. The Labute approximate surface area is 121 Å². The molecule has 1 N–H and O–H groups in total. The average molecular weight is 290 g/mol. The van der Waals surface area contributed by atoms with Gasteiger partial charge in [-0.3, -0.25) is 9.59 Å². The van der Waals surface area contributed by atoms with E-state index in [-0.39, 0.29) is 30.3 Å². The van der Waals surface area contributed by atoms with Gasteiger partial charge < -0.3 is 15.1 Å². The molecule has 1 unspecified atom stereocenters. The fraction of sp³-hybridized carbons (Fsp3) is 0.846. The molecule has 1 atom stereocenters. The molecule has 0 saturated carbocycles. The molecule has 2 fully saturated rings. The van der Waals surface area contributed by atoms with Gasteiger partial charge in [-0.1, -0.05) is 6.92 Å². The maximum Gasteiger partial charge on any atom is 0.240 e. The first-order chi connectivity index (χ1) is 8.72. The Hall–Kier alpha value is -0.810. The first-order valence-electron chi connectivity index (χ1n) is 7.02. The number of carbonyl (C=O) groups is 2. The molecule has 6 heteroatoms. The van der Waals surface area contributed by atoms with E-state index >= 15 is 0 Å². The van der Waals surface area contributed by atoms with Gasteiger partial charge in [0.15, 0.2) is 0 Å². The summed E-state index contributed by atoms with van der Waals surface area (Å²) in [6, 6.07) is -0.307. The van der Waals surface area contributed by atoms with Crippen molar-refractivity contribution in [3.8, 4) is 0 Å². The Morgan fingerprint density at radius 2 is 2.00 bits per heavy atom. The van der Waals surface area contributed by atoms with Gasteiger partial charge >= 0.3 is 0 Å². The van der Waals surface area contributed by atoms with Crippen LogP contribution in [0.15, 0.2) is 0 Å². The predicted octanol–water partition coefficient (Wildman–Crippen LogP) is 0.631. The third kappa shape index (κ3) is 4.08. The highest BCUT2D eigenvalue weighted by Gasteiger charge is 2.31. The lowest BCUT2D eigenvalue weighted by Crippen LogP contribution is -2.56. The molecule has 2 aliphatic heterocycles. The van der Waals surface area contributed by atoms with Crippen LogP contribution in [-0.2, 0) is 9.59 Å². The van der Waals surface area contributed by atoms with Crippen molar-refractivity contribution < 1.29 is 9.59 Å². The molecule has 2 amide bonds. The van der Waals surface area contributed by atoms with Crippen molar-refractivity contribution in [2.75, 3.05) is 32.7 Å². The normalized spacial score (nSPS) is 23.4. The summed E-state index contributed by atoms with van der Waals surface area (Å²) in [7, 11) is 0. The molecule has 2 aliphatic rings. The zero-order valence-corrected chi connectivity index (χ0v) is 12.4. The van der Waals surface area contributed by atoms with Crippen LogP contribution < -0.4 is 5.32 Å². The Bertz CT molecular complexity index is 317. The van der Waals surface area contributed by atoms with E-state index in [2.05, 4.69) is 12.2 Å². The smallest absolute Gasteiger partial charge is 0.240 e. The van der Waals surface area contributed by atoms with Gasteiger partial charge in [0.1, 0.15) is 0 Å². The van der Waals surface area contributed by atoms with Crippen molar-refractivity contribution in [3.05, 3.63) is 0 Å². The minimum absolute atomic E-state index is 0. The number of rotatable bonds is 4. The quantitative estimate of drug-likeness (QED) is 0.826. The predicted molar refractivity (Wildman–Crippen MR) is 76.3 cm³/mol. The second-order valence-electron chi connectivity index (χ2n) is 5.12. The number of nitrogens with zero attached hydrogens (tertiary/aromatic N) is 2. The molecule has 0 aromatic heterocycles. The number of hydrogen-bond donors (Lipinski definition) is 1. The van der Waals surface area contributed by atoms with Crippen molar-refractivity contribution >= 4 is 24.2 Å². The fourth-order valence-electron chi connectivity index (χ4n) is 2.71. The monoisotopic (exact) mass is 289 g/mol. The van der Waals surface area contributed by atoms with Gasteiger partial charge in [-0.05, 0) is 19.3 Å². The Morgan fingerprint density at radius 1 is 1.32 bits per heavy atom. The van der Waals surface area contributed by atoms with Gasteiger partial charge in [-0.2, -0.15) is 0 Å². The Kier molecular flexibility index (Phi) is 6.58. The molecule has 5 nitrogen and oxygen atoms in total. The largest absolute Gasteiger partial charge is 0.343 e. The molecule has 2 saturated heterocycles. The molecule has 0 aliphatic carbocycles. The minimum atomic E-state index is -0.307. The maximum absolute atomic E-state index is 12.2. The lowest BCUT2D eigenvalue weighted by Gasteiger charge is -2.33. The van der Waals surface area contributed by atoms with Crippen LogP contribution in [-0.4, -0.2) is 60.4 Å². The molecule has 2 rings (SSSR count). The number of halogens is 1. The summed E-state index contributed by atoms with van der Waals surface area (Å²) in [6.45, 7) is 6.15. The third-order valence-corrected chi connectivity index (χ3v) is 3.71. The fourth-order valence-corrected chi connectivity index (χ4v) is 2.71. The van der Waals surface area contributed by atoms with E-state index < -0.39 is 0 Å². The molecular weight excluding hydrogens is 266 g/mol. The third-order valence-electron chi connectivity index (χ3n) is 3.71. The lowest BCUT2D eigenvalue weighted by molar-refractivity contribution is -0.140. The van der Waals surface area contributed by atoms with Crippen LogP contribution in [0.5, 0.6) is 0 Å². The molecule has 0 aromatic carbocycles. The zero-order valence-electron chi connectivity index (χ0n) is 11.6. The van der Waals surface area contributed by atoms with Crippen molar-refractivity contribution in [3.63, 3.8) is 0 Å². The minimum Gasteiger partial charge on any atom is -0.343 e. The van der Waals surface area contributed by atoms with Crippen LogP contribution in [0.1, 0.15) is 32.6 Å². The number of carbonyl (C=O) groups excluding carboxylic acids is 2. The van der Waals surface area contributed by atoms with Crippen LogP contribution >= 0.6 is 12.4 Å². The highest BCUT2D eigenvalue weighted by molar-refractivity contribution is 5.89. The molecule has 0 bridgehead atoms. The first kappa shape index (κ1) is 16.2. The van der Waals surface area contributed by atoms with Crippen molar-refractivity contribution in [1.29, 1.82) is 0 Å². The number of likely N-dealkylation sites (tertiary alicyclic amines) is 1. The van der Waals surface area contributed by atoms with Crippen LogP contribution in [0.3, 0.4) is 0 Å². The summed E-state index contributed by atoms with van der Waals surface area (Å²) in [4.78, 5) is 28.0. The maximum atomic E-state index is 12.2. The van der Waals surface area contributed by atoms with Gasteiger partial charge in [-0.15, -0.1) is 12.4 Å². The van der Waals surface area contributed by atoms with Crippen LogP contribution in [0, 0.1) is 0 Å². The van der Waals surface area contributed by atoms with Crippen LogP contribution in [0.2, 0.25) is 0 Å². The molecule has 0 spiro atoms. The summed E-state index contributed by atoms with van der Waals surface area (Å²) in [5.41, 5.74) is 0. The number of nitrogens with one attached hydrogen (secondary N) is 1. The highest BCUT2D eigenvalue weighted by Crippen LogP contribution is 2.12. The van der Waals surface area contributed by atoms with Crippen molar-refractivity contribution in [2.24, 2.45) is 0 Å². The van der Waals surface area contributed by atoms with E-state index in [0.717, 1.165) is 52.0 Å². The SMILES string of the molecule is CCCN1CCNC(CC(=O)N2CCCC2)C1=O.Cl. The number of amides is 2. The standard InChI is InChI=1S/C13H23N3O2.ClH/c1-2-6-16-9-5-14-11(13(16)18)10-12(17)15-7-3-4-8-15;/h11,14H,2-10H2,1H3;1H. The number of hydrogen-bond acceptors (Lipinski definition) is 3. The van der Waals surface area contributed by atoms with Gasteiger partial charge in [0.05, 0.1) is 12.5 Å². The van der Waals surface area contributed by atoms with Gasteiger partial charge in [0, 0.05) is 32.7 Å². The summed E-state index contributed by atoms with van der Waals surface area (Å²) < 4.78 is 0. The summed E-state index contributed by atoms with van der Waals surface area (Å²) >= 11 is 0. The van der Waals surface area contributed by atoms with Crippen molar-refractivity contribution in [1.82, 2.24) is 15.1 Å². The van der Waals surface area contributed by atoms with E-state index in [1.807, 2.05) is 9.80 Å². The van der Waals surface area contributed by atoms with Gasteiger partial charge in [0.25, 0.3) is 0 Å². The molecule has 110 valence electrons. The second kappa shape index (κ2) is 7.70. The van der Waals surface area contributed by atoms with Crippen molar-refractivity contribution in [2.45, 2.75) is 38.6 Å². The summed E-state index contributed by atoms with van der Waals surface area (Å²) in [5.74, 6) is 0.215. The highest BCUT2D eigenvalue weighted by atomic mass is 35.5. The van der Waals surface area contributed by atoms with E-state index in [1.165, 1.54) is 0 Å². The van der Waals surface area contributed by atoms with Crippen LogP contribution in [0.4, 0.5) is 0 Å². The second-order valence-corrected chi connectivity index (χ2v) is 5.12. The zero-order chi connectivity index (χ0) is 13.0. The Morgan fingerprint density at radius 3 is 2.63 bits per heavy atom. The number of piperazine rings is 1. The van der Waals surface area contributed by atoms with Gasteiger partial charge in [0.2, 0.25) is 11.8 Å². The average Bonchev–Trinajstić information content (AvgIpc) is 2.88.